The summed E-state index contributed by atoms with van der Waals surface area (Å²) in [4.78, 5) is 26.5. The molecule has 1 atom stereocenters. The number of hydrogen-bond acceptors (Lipinski definition) is 7. The van der Waals surface area contributed by atoms with Gasteiger partial charge in [-0.3, -0.25) is 4.79 Å². The van der Waals surface area contributed by atoms with Crippen molar-refractivity contribution in [3.8, 4) is 11.1 Å². The first kappa shape index (κ1) is 32.1. The van der Waals surface area contributed by atoms with Crippen molar-refractivity contribution in [3.63, 3.8) is 0 Å². The molecule has 41 heavy (non-hydrogen) atoms. The lowest BCUT2D eigenvalue weighted by Gasteiger charge is -2.22. The number of carbonyl (C=O) groups is 2. The Labute approximate surface area is 245 Å². The molecule has 0 aliphatic heterocycles. The Morgan fingerprint density at radius 3 is 2.27 bits per heavy atom. The van der Waals surface area contributed by atoms with Crippen molar-refractivity contribution in [1.29, 1.82) is 0 Å². The van der Waals surface area contributed by atoms with E-state index in [9.17, 15) is 28.2 Å². The molecule has 0 aliphatic carbocycles. The minimum atomic E-state index is -3.83. The first-order chi connectivity index (χ1) is 19.5. The Kier molecular flexibility index (Phi) is 11.8. The molecule has 0 spiro atoms. The molecule has 0 fully saturated rings. The van der Waals surface area contributed by atoms with E-state index in [1.165, 1.54) is 23.8 Å². The van der Waals surface area contributed by atoms with E-state index >= 15 is 0 Å². The van der Waals surface area contributed by atoms with Crippen LogP contribution in [-0.2, 0) is 21.2 Å². The quantitative estimate of drug-likeness (QED) is 0.225. The Hall–Kier alpha value is -3.38. The molecule has 2 amide bonds. The van der Waals surface area contributed by atoms with E-state index in [-0.39, 0.29) is 36.3 Å². The summed E-state index contributed by atoms with van der Waals surface area (Å²) < 4.78 is 31.3. The maximum atomic E-state index is 12.8. The third kappa shape index (κ3) is 9.89. The lowest BCUT2D eigenvalue weighted by Crippen LogP contribution is -2.35. The van der Waals surface area contributed by atoms with E-state index in [0.29, 0.717) is 16.9 Å². The number of nitrogens with one attached hydrogen (secondary N) is 1. The maximum Gasteiger partial charge on any atom is 0.407 e. The van der Waals surface area contributed by atoms with Crippen LogP contribution in [0.15, 0.2) is 77.7 Å². The van der Waals surface area contributed by atoms with Gasteiger partial charge >= 0.3 is 6.09 Å². The van der Waals surface area contributed by atoms with E-state index in [1.54, 1.807) is 36.4 Å². The predicted octanol–water partition coefficient (Wildman–Crippen LogP) is 4.82. The molecular weight excluding hydrogens is 564 g/mol. The zero-order valence-electron chi connectivity index (χ0n) is 23.3. The van der Waals surface area contributed by atoms with Crippen LogP contribution in [0.2, 0.25) is 0 Å². The lowest BCUT2D eigenvalue weighted by atomic mass is 10.0. The van der Waals surface area contributed by atoms with Crippen molar-refractivity contribution in [2.75, 3.05) is 32.6 Å². The SMILES string of the molecule is COCCS(=O)(=O)NC(=O)c1ccc(-c2ccc(CCN(C[C@@H](O)c3ccccc3)C(=O)O)cc2)cc1SC(C)C. The van der Waals surface area contributed by atoms with Crippen molar-refractivity contribution < 1.29 is 33.0 Å². The van der Waals surface area contributed by atoms with Crippen LogP contribution in [0.5, 0.6) is 0 Å². The summed E-state index contributed by atoms with van der Waals surface area (Å²) in [7, 11) is -2.44. The van der Waals surface area contributed by atoms with Crippen molar-refractivity contribution in [3.05, 3.63) is 89.5 Å². The molecule has 0 bridgehead atoms. The van der Waals surface area contributed by atoms with E-state index in [4.69, 9.17) is 4.74 Å². The average molecular weight is 601 g/mol. The molecule has 3 aromatic rings. The number of carbonyl (C=O) groups excluding carboxylic acids is 1. The molecule has 3 rings (SSSR count). The first-order valence-electron chi connectivity index (χ1n) is 13.1. The molecule has 220 valence electrons. The lowest BCUT2D eigenvalue weighted by molar-refractivity contribution is 0.0971. The van der Waals surface area contributed by atoms with Gasteiger partial charge in [0, 0.05) is 23.8 Å². The van der Waals surface area contributed by atoms with E-state index in [2.05, 4.69) is 4.72 Å². The Morgan fingerprint density at radius 1 is 1.00 bits per heavy atom. The van der Waals surface area contributed by atoms with Crippen molar-refractivity contribution in [2.45, 2.75) is 36.5 Å². The summed E-state index contributed by atoms with van der Waals surface area (Å²) in [6.45, 7) is 4.16. The van der Waals surface area contributed by atoms with Gasteiger partial charge in [-0.05, 0) is 40.8 Å². The van der Waals surface area contributed by atoms with Crippen LogP contribution in [0, 0.1) is 0 Å². The van der Waals surface area contributed by atoms with Gasteiger partial charge < -0.3 is 19.8 Å². The Balaban J connectivity index is 1.71. The monoisotopic (exact) mass is 600 g/mol. The molecule has 0 unspecified atom stereocenters. The highest BCUT2D eigenvalue weighted by molar-refractivity contribution is 8.00. The van der Waals surface area contributed by atoms with Gasteiger partial charge in [0.05, 0.1) is 30.6 Å². The second-order valence-corrected chi connectivity index (χ2v) is 13.2. The molecule has 0 heterocycles. The van der Waals surface area contributed by atoms with Crippen LogP contribution in [0.4, 0.5) is 4.79 Å². The molecule has 3 aromatic carbocycles. The van der Waals surface area contributed by atoms with E-state index < -0.39 is 28.1 Å². The molecule has 0 radical (unpaired) electrons. The standard InChI is InChI=1S/C30H36N2O7S2/c1-21(2)40-28-19-25(13-14-26(28)29(34)31-41(37,38)18-17-39-3)23-11-9-22(10-12-23)15-16-32(30(35)36)20-27(33)24-7-5-4-6-8-24/h4-14,19,21,27,33H,15-18,20H2,1-3H3,(H,31,34)(H,35,36)/t27-/m1/s1. The van der Waals surface area contributed by atoms with Gasteiger partial charge in [-0.25, -0.2) is 17.9 Å². The summed E-state index contributed by atoms with van der Waals surface area (Å²) in [6.07, 6.45) is -1.54. The summed E-state index contributed by atoms with van der Waals surface area (Å²) in [5.41, 5.74) is 3.62. The fraction of sp³-hybridized carbons (Fsp3) is 0.333. The third-order valence-electron chi connectivity index (χ3n) is 6.20. The Bertz CT molecular complexity index is 1410. The normalized spacial score (nSPS) is 12.2. The van der Waals surface area contributed by atoms with Crippen molar-refractivity contribution >= 4 is 33.8 Å². The fourth-order valence-corrected chi connectivity index (χ4v) is 5.93. The summed E-state index contributed by atoms with van der Waals surface area (Å²) in [5, 5.41) is 20.2. The van der Waals surface area contributed by atoms with Crippen molar-refractivity contribution in [1.82, 2.24) is 9.62 Å². The predicted molar refractivity (Wildman–Crippen MR) is 161 cm³/mol. The topological polar surface area (TPSA) is 133 Å². The van der Waals surface area contributed by atoms with Gasteiger partial charge in [-0.15, -0.1) is 11.8 Å². The van der Waals surface area contributed by atoms with Gasteiger partial charge in [0.2, 0.25) is 10.0 Å². The zero-order valence-corrected chi connectivity index (χ0v) is 25.0. The number of amides is 2. The number of methoxy groups -OCH3 is 1. The van der Waals surface area contributed by atoms with Gasteiger partial charge in [0.1, 0.15) is 0 Å². The minimum Gasteiger partial charge on any atom is -0.465 e. The number of ether oxygens (including phenoxy) is 1. The molecule has 9 nitrogen and oxygen atoms in total. The Morgan fingerprint density at radius 2 is 1.66 bits per heavy atom. The largest absolute Gasteiger partial charge is 0.465 e. The molecule has 0 saturated heterocycles. The number of carboxylic acid groups (broad SMARTS) is 1. The molecule has 3 N–H and O–H groups in total. The van der Waals surface area contributed by atoms with E-state index in [1.807, 2.05) is 50.2 Å². The number of thioether (sulfide) groups is 1. The second kappa shape index (κ2) is 15.0. The minimum absolute atomic E-state index is 0.0187. The number of nitrogens with zero attached hydrogens (tertiary/aromatic N) is 1. The average Bonchev–Trinajstić information content (AvgIpc) is 2.94. The highest BCUT2D eigenvalue weighted by atomic mass is 32.2. The van der Waals surface area contributed by atoms with Gasteiger partial charge in [0.25, 0.3) is 5.91 Å². The highest BCUT2D eigenvalue weighted by Crippen LogP contribution is 2.32. The molecule has 0 aromatic heterocycles. The first-order valence-corrected chi connectivity index (χ1v) is 15.7. The number of aliphatic hydroxyl groups excluding tert-OH is 1. The van der Waals surface area contributed by atoms with Crippen LogP contribution in [0.25, 0.3) is 11.1 Å². The van der Waals surface area contributed by atoms with Crippen LogP contribution >= 0.6 is 11.8 Å². The highest BCUT2D eigenvalue weighted by Gasteiger charge is 2.21. The van der Waals surface area contributed by atoms with Gasteiger partial charge in [-0.1, -0.05) is 74.5 Å². The third-order valence-corrected chi connectivity index (χ3v) is 8.46. The van der Waals surface area contributed by atoms with Crippen LogP contribution < -0.4 is 4.72 Å². The number of benzene rings is 3. The summed E-state index contributed by atoms with van der Waals surface area (Å²) >= 11 is 1.46. The van der Waals surface area contributed by atoms with E-state index in [0.717, 1.165) is 16.7 Å². The molecule has 0 aliphatic rings. The second-order valence-electron chi connectivity index (χ2n) is 9.72. The number of sulfonamides is 1. The molecular formula is C30H36N2O7S2. The molecule has 0 saturated carbocycles. The van der Waals surface area contributed by atoms with Gasteiger partial charge in [-0.2, -0.15) is 0 Å². The van der Waals surface area contributed by atoms with Crippen LogP contribution in [0.1, 0.15) is 41.4 Å². The number of rotatable bonds is 14. The summed E-state index contributed by atoms with van der Waals surface area (Å²) in [5.74, 6) is -1.00. The molecule has 11 heteroatoms. The summed E-state index contributed by atoms with van der Waals surface area (Å²) in [6, 6.07) is 21.9. The van der Waals surface area contributed by atoms with Crippen LogP contribution in [-0.4, -0.2) is 73.3 Å². The van der Waals surface area contributed by atoms with Crippen molar-refractivity contribution in [2.24, 2.45) is 0 Å². The zero-order chi connectivity index (χ0) is 30.0. The number of hydrogen-bond donors (Lipinski definition) is 3. The number of aliphatic hydroxyl groups is 1. The maximum absolute atomic E-state index is 12.8. The fourth-order valence-electron chi connectivity index (χ4n) is 4.06. The van der Waals surface area contributed by atoms with Gasteiger partial charge in [0.15, 0.2) is 0 Å². The smallest absolute Gasteiger partial charge is 0.407 e. The van der Waals surface area contributed by atoms with Crippen LogP contribution in [0.3, 0.4) is 0 Å².